The first-order chi connectivity index (χ1) is 9.74. The lowest BCUT2D eigenvalue weighted by atomic mass is 10.1. The number of rotatable bonds is 5. The predicted molar refractivity (Wildman–Crippen MR) is 76.8 cm³/mol. The second-order valence-electron chi connectivity index (χ2n) is 4.52. The average molecular weight is 292 g/mol. The Kier molecular flexibility index (Phi) is 3.51. The number of anilines is 1. The lowest BCUT2D eigenvalue weighted by Gasteiger charge is -2.06. The van der Waals surface area contributed by atoms with E-state index in [1.165, 1.54) is 5.56 Å². The van der Waals surface area contributed by atoms with Gasteiger partial charge in [0.2, 0.25) is 5.28 Å². The molecule has 8 heteroatoms. The summed E-state index contributed by atoms with van der Waals surface area (Å²) in [5.74, 6) is 0.706. The van der Waals surface area contributed by atoms with Crippen molar-refractivity contribution >= 4 is 28.5 Å². The van der Waals surface area contributed by atoms with E-state index in [1.807, 2.05) is 13.1 Å². The highest BCUT2D eigenvalue weighted by molar-refractivity contribution is 6.28. The van der Waals surface area contributed by atoms with Gasteiger partial charge >= 0.3 is 0 Å². The standard InChI is InChI=1S/C12H14ClN7/c1-7-8(5-15-19-7)3-2-4-14-10-9-6-16-20-11(9)18-12(13)17-10/h5-6H,2-4H2,1H3,(H,15,19)(H2,14,16,17,18,20). The van der Waals surface area contributed by atoms with Crippen LogP contribution in [0.3, 0.4) is 0 Å². The number of H-pyrrole nitrogens is 2. The van der Waals surface area contributed by atoms with E-state index in [0.29, 0.717) is 11.5 Å². The molecule has 20 heavy (non-hydrogen) atoms. The first-order valence-electron chi connectivity index (χ1n) is 6.33. The highest BCUT2D eigenvalue weighted by Crippen LogP contribution is 2.19. The first kappa shape index (κ1) is 12.9. The zero-order chi connectivity index (χ0) is 13.9. The minimum Gasteiger partial charge on any atom is -0.369 e. The van der Waals surface area contributed by atoms with Crippen LogP contribution in [0, 0.1) is 6.92 Å². The molecule has 0 spiro atoms. The molecule has 7 nitrogen and oxygen atoms in total. The molecule has 0 aromatic carbocycles. The SMILES string of the molecule is Cc1[nH]ncc1CCCNc1nc(Cl)nc2[nH]ncc12. The third-order valence-electron chi connectivity index (χ3n) is 3.13. The van der Waals surface area contributed by atoms with Gasteiger partial charge in [0, 0.05) is 12.2 Å². The van der Waals surface area contributed by atoms with Gasteiger partial charge in [-0.1, -0.05) is 0 Å². The molecule has 3 aromatic rings. The Balaban J connectivity index is 1.62. The van der Waals surface area contributed by atoms with Crippen molar-refractivity contribution in [2.75, 3.05) is 11.9 Å². The zero-order valence-electron chi connectivity index (χ0n) is 10.9. The molecule has 0 amide bonds. The number of hydrogen-bond acceptors (Lipinski definition) is 5. The van der Waals surface area contributed by atoms with Crippen LogP contribution in [0.25, 0.3) is 11.0 Å². The molecular formula is C12H14ClN7. The van der Waals surface area contributed by atoms with Crippen LogP contribution in [0.1, 0.15) is 17.7 Å². The van der Waals surface area contributed by atoms with Crippen molar-refractivity contribution in [2.24, 2.45) is 0 Å². The van der Waals surface area contributed by atoms with Crippen molar-refractivity contribution in [1.82, 2.24) is 30.4 Å². The molecule has 0 fully saturated rings. The van der Waals surface area contributed by atoms with E-state index in [2.05, 4.69) is 35.7 Å². The van der Waals surface area contributed by atoms with E-state index >= 15 is 0 Å². The Hall–Kier alpha value is -2.15. The van der Waals surface area contributed by atoms with Crippen molar-refractivity contribution in [3.05, 3.63) is 28.9 Å². The number of fused-ring (bicyclic) bond motifs is 1. The van der Waals surface area contributed by atoms with Crippen molar-refractivity contribution in [2.45, 2.75) is 19.8 Å². The van der Waals surface area contributed by atoms with Gasteiger partial charge in [-0.05, 0) is 36.9 Å². The average Bonchev–Trinajstić information content (AvgIpc) is 3.03. The summed E-state index contributed by atoms with van der Waals surface area (Å²) in [6.45, 7) is 2.81. The molecule has 0 aliphatic heterocycles. The van der Waals surface area contributed by atoms with Gasteiger partial charge in [0.25, 0.3) is 0 Å². The van der Waals surface area contributed by atoms with Gasteiger partial charge in [-0.3, -0.25) is 10.2 Å². The molecule has 0 bridgehead atoms. The Morgan fingerprint density at radius 3 is 2.85 bits per heavy atom. The summed E-state index contributed by atoms with van der Waals surface area (Å²) >= 11 is 5.87. The maximum absolute atomic E-state index is 5.87. The van der Waals surface area contributed by atoms with E-state index in [9.17, 15) is 0 Å². The molecule has 0 radical (unpaired) electrons. The number of halogens is 1. The summed E-state index contributed by atoms with van der Waals surface area (Å²) in [4.78, 5) is 8.25. The number of aryl methyl sites for hydroxylation is 2. The Morgan fingerprint density at radius 2 is 2.05 bits per heavy atom. The number of nitrogens with zero attached hydrogens (tertiary/aromatic N) is 4. The summed E-state index contributed by atoms with van der Waals surface area (Å²) in [6, 6.07) is 0. The number of aromatic amines is 2. The summed E-state index contributed by atoms with van der Waals surface area (Å²) in [6.07, 6.45) is 5.49. The van der Waals surface area contributed by atoms with Crippen LogP contribution < -0.4 is 5.32 Å². The van der Waals surface area contributed by atoms with Crippen LogP contribution in [0.4, 0.5) is 5.82 Å². The monoisotopic (exact) mass is 291 g/mol. The van der Waals surface area contributed by atoms with Crippen molar-refractivity contribution in [3.63, 3.8) is 0 Å². The van der Waals surface area contributed by atoms with E-state index in [4.69, 9.17) is 11.6 Å². The van der Waals surface area contributed by atoms with Gasteiger partial charge in [0.1, 0.15) is 5.82 Å². The van der Waals surface area contributed by atoms with Gasteiger partial charge in [-0.25, -0.2) is 0 Å². The van der Waals surface area contributed by atoms with Gasteiger partial charge in [0.15, 0.2) is 5.65 Å². The van der Waals surface area contributed by atoms with Crippen molar-refractivity contribution in [3.8, 4) is 0 Å². The molecule has 3 rings (SSSR count). The summed E-state index contributed by atoms with van der Waals surface area (Å²) < 4.78 is 0. The minimum absolute atomic E-state index is 0.204. The molecular weight excluding hydrogens is 278 g/mol. The second kappa shape index (κ2) is 5.46. The molecule has 0 saturated heterocycles. The smallest absolute Gasteiger partial charge is 0.226 e. The first-order valence-corrected chi connectivity index (χ1v) is 6.71. The van der Waals surface area contributed by atoms with Crippen LogP contribution in [0.15, 0.2) is 12.4 Å². The topological polar surface area (TPSA) is 95.2 Å². The lowest BCUT2D eigenvalue weighted by molar-refractivity contribution is 0.854. The van der Waals surface area contributed by atoms with Crippen LogP contribution in [0.5, 0.6) is 0 Å². The quantitative estimate of drug-likeness (QED) is 0.494. The molecule has 3 aromatic heterocycles. The van der Waals surface area contributed by atoms with E-state index < -0.39 is 0 Å². The number of hydrogen-bond donors (Lipinski definition) is 3. The van der Waals surface area contributed by atoms with E-state index in [-0.39, 0.29) is 5.28 Å². The predicted octanol–water partition coefficient (Wildman–Crippen LogP) is 2.08. The molecule has 104 valence electrons. The summed E-state index contributed by atoms with van der Waals surface area (Å²) in [7, 11) is 0. The van der Waals surface area contributed by atoms with Crippen molar-refractivity contribution < 1.29 is 0 Å². The minimum atomic E-state index is 0.204. The maximum atomic E-state index is 5.87. The highest BCUT2D eigenvalue weighted by Gasteiger charge is 2.08. The molecule has 0 saturated carbocycles. The van der Waals surface area contributed by atoms with Crippen LogP contribution in [-0.2, 0) is 6.42 Å². The largest absolute Gasteiger partial charge is 0.369 e. The summed E-state index contributed by atoms with van der Waals surface area (Å²) in [5, 5.41) is 18.0. The number of aromatic nitrogens is 6. The third-order valence-corrected chi connectivity index (χ3v) is 3.30. The molecule has 0 aliphatic rings. The fourth-order valence-electron chi connectivity index (χ4n) is 2.06. The molecule has 0 unspecified atom stereocenters. The number of nitrogens with one attached hydrogen (secondary N) is 3. The van der Waals surface area contributed by atoms with E-state index in [0.717, 1.165) is 30.5 Å². The Bertz CT molecular complexity index is 717. The van der Waals surface area contributed by atoms with Gasteiger partial charge in [-0.15, -0.1) is 0 Å². The highest BCUT2D eigenvalue weighted by atomic mass is 35.5. The fourth-order valence-corrected chi connectivity index (χ4v) is 2.22. The summed E-state index contributed by atoms with van der Waals surface area (Å²) in [5.41, 5.74) is 2.99. The third kappa shape index (κ3) is 2.57. The maximum Gasteiger partial charge on any atom is 0.226 e. The second-order valence-corrected chi connectivity index (χ2v) is 4.86. The fraction of sp³-hybridized carbons (Fsp3) is 0.333. The lowest BCUT2D eigenvalue weighted by Crippen LogP contribution is -2.05. The van der Waals surface area contributed by atoms with Gasteiger partial charge in [0.05, 0.1) is 17.8 Å². The Morgan fingerprint density at radius 1 is 1.20 bits per heavy atom. The van der Waals surface area contributed by atoms with E-state index in [1.54, 1.807) is 6.20 Å². The van der Waals surface area contributed by atoms with Gasteiger partial charge < -0.3 is 5.32 Å². The normalized spacial score (nSPS) is 11.1. The van der Waals surface area contributed by atoms with Gasteiger partial charge in [-0.2, -0.15) is 20.2 Å². The zero-order valence-corrected chi connectivity index (χ0v) is 11.7. The molecule has 0 aliphatic carbocycles. The molecule has 3 heterocycles. The van der Waals surface area contributed by atoms with Crippen molar-refractivity contribution in [1.29, 1.82) is 0 Å². The molecule has 0 atom stereocenters. The Labute approximate surface area is 120 Å². The van der Waals surface area contributed by atoms with Crippen LogP contribution in [-0.4, -0.2) is 36.9 Å². The van der Waals surface area contributed by atoms with Crippen LogP contribution >= 0.6 is 11.6 Å². The van der Waals surface area contributed by atoms with Crippen LogP contribution in [0.2, 0.25) is 5.28 Å². The molecule has 3 N–H and O–H groups in total.